The Bertz CT molecular complexity index is 479. The minimum atomic E-state index is 0.606. The van der Waals surface area contributed by atoms with Crippen LogP contribution in [0.1, 0.15) is 25.8 Å². The highest BCUT2D eigenvalue weighted by Gasteiger charge is 2.23. The number of hydrogen-bond acceptors (Lipinski definition) is 3. The lowest BCUT2D eigenvalue weighted by molar-refractivity contribution is 0.266. The van der Waals surface area contributed by atoms with Crippen molar-refractivity contribution in [1.82, 2.24) is 4.90 Å². The van der Waals surface area contributed by atoms with E-state index in [1.165, 1.54) is 13.0 Å². The summed E-state index contributed by atoms with van der Waals surface area (Å²) < 4.78 is 0. The molecule has 2 rings (SSSR count). The molecule has 0 saturated carbocycles. The predicted molar refractivity (Wildman–Crippen MR) is 79.5 cm³/mol. The molecule has 0 aromatic heterocycles. The quantitative estimate of drug-likeness (QED) is 0.917. The fraction of sp³-hybridized carbons (Fsp3) is 0.533. The summed E-state index contributed by atoms with van der Waals surface area (Å²) in [6, 6.07) is 8.21. The monoisotopic (exact) mass is 277 g/mol. The van der Waals surface area contributed by atoms with Gasteiger partial charge in [-0.3, -0.25) is 0 Å². The fourth-order valence-corrected chi connectivity index (χ4v) is 2.69. The Kier molecular flexibility index (Phi) is 4.68. The van der Waals surface area contributed by atoms with E-state index in [9.17, 15) is 0 Å². The molecule has 0 spiro atoms. The molecule has 3 nitrogen and oxygen atoms in total. The van der Waals surface area contributed by atoms with Gasteiger partial charge in [0, 0.05) is 24.2 Å². The van der Waals surface area contributed by atoms with Crippen LogP contribution in [0.15, 0.2) is 18.2 Å². The van der Waals surface area contributed by atoms with E-state index in [0.717, 1.165) is 18.8 Å². The summed E-state index contributed by atoms with van der Waals surface area (Å²) in [6.07, 6.45) is 1.22. The first-order valence-corrected chi connectivity index (χ1v) is 7.15. The van der Waals surface area contributed by atoms with Crippen LogP contribution in [-0.2, 0) is 0 Å². The van der Waals surface area contributed by atoms with Crippen molar-refractivity contribution in [3.8, 4) is 6.07 Å². The summed E-state index contributed by atoms with van der Waals surface area (Å²) in [5, 5.41) is 13.1. The molecular formula is C15H20ClN3. The maximum atomic E-state index is 9.09. The van der Waals surface area contributed by atoms with Crippen LogP contribution in [0.5, 0.6) is 0 Å². The molecule has 1 aromatic carbocycles. The van der Waals surface area contributed by atoms with Gasteiger partial charge in [0.2, 0.25) is 0 Å². The zero-order chi connectivity index (χ0) is 13.8. The summed E-state index contributed by atoms with van der Waals surface area (Å²) in [6.45, 7) is 7.71. The molecule has 1 heterocycles. The third kappa shape index (κ3) is 3.62. The standard InChI is InChI=1S/C15H20ClN3/c1-11(2)19-6-5-12(10-19)9-18-15-4-3-14(16)7-13(15)8-17/h3-4,7,11-12,18H,5-6,9-10H2,1-2H3. The highest BCUT2D eigenvalue weighted by atomic mass is 35.5. The molecule has 1 unspecified atom stereocenters. The first-order chi connectivity index (χ1) is 9.10. The number of nitrogens with one attached hydrogen (secondary N) is 1. The highest BCUT2D eigenvalue weighted by Crippen LogP contribution is 2.22. The molecule has 19 heavy (non-hydrogen) atoms. The van der Waals surface area contributed by atoms with E-state index in [4.69, 9.17) is 16.9 Å². The van der Waals surface area contributed by atoms with Gasteiger partial charge in [-0.25, -0.2) is 0 Å². The van der Waals surface area contributed by atoms with E-state index < -0.39 is 0 Å². The van der Waals surface area contributed by atoms with Crippen LogP contribution in [-0.4, -0.2) is 30.6 Å². The number of benzene rings is 1. The van der Waals surface area contributed by atoms with E-state index in [1.54, 1.807) is 6.07 Å². The van der Waals surface area contributed by atoms with Crippen LogP contribution >= 0.6 is 11.6 Å². The number of anilines is 1. The molecule has 4 heteroatoms. The second kappa shape index (κ2) is 6.27. The van der Waals surface area contributed by atoms with Crippen molar-refractivity contribution < 1.29 is 0 Å². The van der Waals surface area contributed by atoms with Gasteiger partial charge in [0.05, 0.1) is 11.3 Å². The van der Waals surface area contributed by atoms with Crippen LogP contribution in [0, 0.1) is 17.2 Å². The normalized spacial score (nSPS) is 19.6. The Hall–Kier alpha value is -1.24. The van der Waals surface area contributed by atoms with Crippen molar-refractivity contribution >= 4 is 17.3 Å². The Morgan fingerprint density at radius 2 is 2.32 bits per heavy atom. The zero-order valence-corrected chi connectivity index (χ0v) is 12.2. The molecule has 1 fully saturated rings. The van der Waals surface area contributed by atoms with E-state index in [-0.39, 0.29) is 0 Å². The number of halogens is 1. The molecule has 1 aromatic rings. The summed E-state index contributed by atoms with van der Waals surface area (Å²) >= 11 is 5.89. The molecule has 1 aliphatic rings. The van der Waals surface area contributed by atoms with Gasteiger partial charge in [-0.1, -0.05) is 11.6 Å². The molecule has 0 aliphatic carbocycles. The van der Waals surface area contributed by atoms with Crippen LogP contribution in [0.25, 0.3) is 0 Å². The molecule has 1 aliphatic heterocycles. The Morgan fingerprint density at radius 3 is 2.95 bits per heavy atom. The van der Waals surface area contributed by atoms with Gasteiger partial charge in [-0.15, -0.1) is 0 Å². The first kappa shape index (κ1) is 14.2. The largest absolute Gasteiger partial charge is 0.384 e. The third-order valence-electron chi connectivity index (χ3n) is 3.73. The third-order valence-corrected chi connectivity index (χ3v) is 3.97. The number of nitriles is 1. The van der Waals surface area contributed by atoms with Gasteiger partial charge in [0.15, 0.2) is 0 Å². The number of hydrogen-bond donors (Lipinski definition) is 1. The van der Waals surface area contributed by atoms with E-state index in [2.05, 4.69) is 30.1 Å². The van der Waals surface area contributed by atoms with Crippen molar-refractivity contribution in [3.05, 3.63) is 28.8 Å². The second-order valence-corrected chi connectivity index (χ2v) is 5.86. The lowest BCUT2D eigenvalue weighted by Crippen LogP contribution is -2.29. The van der Waals surface area contributed by atoms with Gasteiger partial charge >= 0.3 is 0 Å². The van der Waals surface area contributed by atoms with Crippen molar-refractivity contribution in [2.75, 3.05) is 25.0 Å². The van der Waals surface area contributed by atoms with E-state index >= 15 is 0 Å². The lowest BCUT2D eigenvalue weighted by Gasteiger charge is -2.20. The topological polar surface area (TPSA) is 39.1 Å². The Labute approximate surface area is 120 Å². The van der Waals surface area contributed by atoms with Gasteiger partial charge in [-0.2, -0.15) is 5.26 Å². The number of likely N-dealkylation sites (tertiary alicyclic amines) is 1. The first-order valence-electron chi connectivity index (χ1n) is 6.77. The van der Waals surface area contributed by atoms with Crippen molar-refractivity contribution in [2.24, 2.45) is 5.92 Å². The molecule has 0 bridgehead atoms. The average Bonchev–Trinajstić information content (AvgIpc) is 2.86. The smallest absolute Gasteiger partial charge is 0.101 e. The van der Waals surface area contributed by atoms with Crippen LogP contribution < -0.4 is 5.32 Å². The van der Waals surface area contributed by atoms with Gasteiger partial charge in [0.1, 0.15) is 6.07 Å². The molecule has 0 amide bonds. The predicted octanol–water partition coefficient (Wildman–Crippen LogP) is 3.35. The van der Waals surface area contributed by atoms with E-state index in [1.807, 2.05) is 12.1 Å². The molecular weight excluding hydrogens is 258 g/mol. The van der Waals surface area contributed by atoms with Crippen molar-refractivity contribution in [2.45, 2.75) is 26.3 Å². The van der Waals surface area contributed by atoms with Crippen LogP contribution in [0.2, 0.25) is 5.02 Å². The minimum Gasteiger partial charge on any atom is -0.384 e. The minimum absolute atomic E-state index is 0.606. The number of nitrogens with zero attached hydrogens (tertiary/aromatic N) is 2. The van der Waals surface area contributed by atoms with Crippen LogP contribution in [0.4, 0.5) is 5.69 Å². The van der Waals surface area contributed by atoms with Gasteiger partial charge in [-0.05, 0) is 50.9 Å². The molecule has 0 radical (unpaired) electrons. The van der Waals surface area contributed by atoms with Crippen LogP contribution in [0.3, 0.4) is 0 Å². The summed E-state index contributed by atoms with van der Waals surface area (Å²) in [7, 11) is 0. The Morgan fingerprint density at radius 1 is 1.53 bits per heavy atom. The maximum absolute atomic E-state index is 9.09. The maximum Gasteiger partial charge on any atom is 0.101 e. The average molecular weight is 278 g/mol. The summed E-state index contributed by atoms with van der Waals surface area (Å²) in [4.78, 5) is 2.50. The molecule has 1 N–H and O–H groups in total. The molecule has 102 valence electrons. The van der Waals surface area contributed by atoms with E-state index in [0.29, 0.717) is 22.5 Å². The van der Waals surface area contributed by atoms with Crippen molar-refractivity contribution in [3.63, 3.8) is 0 Å². The van der Waals surface area contributed by atoms with Gasteiger partial charge < -0.3 is 10.2 Å². The zero-order valence-electron chi connectivity index (χ0n) is 11.5. The highest BCUT2D eigenvalue weighted by molar-refractivity contribution is 6.30. The fourth-order valence-electron chi connectivity index (χ4n) is 2.52. The Balaban J connectivity index is 1.92. The second-order valence-electron chi connectivity index (χ2n) is 5.43. The molecule has 1 atom stereocenters. The molecule has 1 saturated heterocycles. The number of rotatable bonds is 4. The van der Waals surface area contributed by atoms with Crippen molar-refractivity contribution in [1.29, 1.82) is 5.26 Å². The SMILES string of the molecule is CC(C)N1CCC(CNc2ccc(Cl)cc2C#N)C1. The summed E-state index contributed by atoms with van der Waals surface area (Å²) in [5.74, 6) is 0.657. The summed E-state index contributed by atoms with van der Waals surface area (Å²) in [5.41, 5.74) is 1.50. The lowest BCUT2D eigenvalue weighted by atomic mass is 10.1. The van der Waals surface area contributed by atoms with Gasteiger partial charge in [0.25, 0.3) is 0 Å².